The van der Waals surface area contributed by atoms with Crippen LogP contribution in [-0.2, 0) is 25.7 Å². The lowest BCUT2D eigenvalue weighted by Crippen LogP contribution is -2.51. The molecule has 13 nitrogen and oxygen atoms in total. The van der Waals surface area contributed by atoms with Gasteiger partial charge in [-0.25, -0.2) is 4.79 Å². The van der Waals surface area contributed by atoms with Crippen LogP contribution in [-0.4, -0.2) is 95.7 Å². The van der Waals surface area contributed by atoms with E-state index in [1.54, 1.807) is 44.3 Å². The molecular formula is C42H53N3O10. The lowest BCUT2D eigenvalue weighted by Gasteiger charge is -2.41. The highest BCUT2D eigenvalue weighted by Gasteiger charge is 2.44. The van der Waals surface area contributed by atoms with Crippen molar-refractivity contribution in [3.8, 4) is 28.7 Å². The number of ether oxygens (including phenoxy) is 7. The largest absolute Gasteiger partial charge is 0.497 e. The predicted octanol–water partition coefficient (Wildman–Crippen LogP) is 6.59. The van der Waals surface area contributed by atoms with Crippen LogP contribution in [0.15, 0.2) is 54.6 Å². The van der Waals surface area contributed by atoms with E-state index in [0.29, 0.717) is 72.7 Å². The van der Waals surface area contributed by atoms with Crippen LogP contribution in [0.4, 0.5) is 16.2 Å². The summed E-state index contributed by atoms with van der Waals surface area (Å²) in [6.45, 7) is 7.22. The zero-order valence-corrected chi connectivity index (χ0v) is 32.9. The fourth-order valence-electron chi connectivity index (χ4n) is 7.20. The molecule has 1 unspecified atom stereocenters. The normalized spacial score (nSPS) is 18.2. The van der Waals surface area contributed by atoms with Crippen LogP contribution >= 0.6 is 0 Å². The molecule has 3 aromatic rings. The van der Waals surface area contributed by atoms with Crippen LogP contribution in [0.25, 0.3) is 0 Å². The molecule has 0 radical (unpaired) electrons. The number of likely N-dealkylation sites (tertiary alicyclic amines) is 1. The Bertz CT molecular complexity index is 1830. The predicted molar refractivity (Wildman–Crippen MR) is 207 cm³/mol. The van der Waals surface area contributed by atoms with Gasteiger partial charge in [-0.2, -0.15) is 0 Å². The van der Waals surface area contributed by atoms with Crippen LogP contribution < -0.4 is 33.5 Å². The van der Waals surface area contributed by atoms with E-state index in [2.05, 4.69) is 0 Å². The quantitative estimate of drug-likeness (QED) is 0.166. The van der Waals surface area contributed by atoms with Gasteiger partial charge in [0.1, 0.15) is 41.0 Å². The molecule has 55 heavy (non-hydrogen) atoms. The van der Waals surface area contributed by atoms with Gasteiger partial charge in [0, 0.05) is 57.2 Å². The number of fused-ring (bicyclic) bond motifs is 1. The van der Waals surface area contributed by atoms with Crippen molar-refractivity contribution in [2.45, 2.75) is 70.6 Å². The van der Waals surface area contributed by atoms with Gasteiger partial charge in [0.25, 0.3) is 5.91 Å². The highest BCUT2D eigenvalue weighted by Crippen LogP contribution is 2.44. The Labute approximate surface area is 323 Å². The number of rotatable bonds is 14. The van der Waals surface area contributed by atoms with Crippen molar-refractivity contribution in [3.63, 3.8) is 0 Å². The minimum atomic E-state index is -0.697. The second-order valence-corrected chi connectivity index (χ2v) is 15.2. The standard InChI is InChI=1S/C42H53N3O10/c1-42(2,3)55-41(48)43-15-13-35(28-19-33(52-7)23-34(20-28)53-25-27-17-31(50-5)22-32(18-27)51-6)36(24-43)40(47)45(29-9-10-29)30-11-12-38-37(21-30)44(14-8-16-49-4)39(46)26-54-38/h11-12,17-23,29,35-36H,8-10,13-16,24-26H2,1-7H3/t35?,36-/m0/s1. The van der Waals surface area contributed by atoms with Gasteiger partial charge >= 0.3 is 6.09 Å². The summed E-state index contributed by atoms with van der Waals surface area (Å²) in [5, 5.41) is 0. The highest BCUT2D eigenvalue weighted by molar-refractivity contribution is 6.01. The van der Waals surface area contributed by atoms with Gasteiger partial charge in [0.15, 0.2) is 6.61 Å². The van der Waals surface area contributed by atoms with Crippen LogP contribution in [0.2, 0.25) is 0 Å². The van der Waals surface area contributed by atoms with Crippen molar-refractivity contribution in [1.82, 2.24) is 4.90 Å². The van der Waals surface area contributed by atoms with Crippen molar-refractivity contribution in [3.05, 3.63) is 65.7 Å². The molecule has 0 aromatic heterocycles. The number of methoxy groups -OCH3 is 4. The number of nitrogens with zero attached hydrogens (tertiary/aromatic N) is 3. The lowest BCUT2D eigenvalue weighted by molar-refractivity contribution is -0.124. The monoisotopic (exact) mass is 759 g/mol. The van der Waals surface area contributed by atoms with Crippen molar-refractivity contribution in [1.29, 1.82) is 0 Å². The second kappa shape index (κ2) is 17.1. The number of carbonyl (C=O) groups is 3. The first-order valence-electron chi connectivity index (χ1n) is 18.8. The smallest absolute Gasteiger partial charge is 0.410 e. The van der Waals surface area contributed by atoms with E-state index >= 15 is 4.79 Å². The summed E-state index contributed by atoms with van der Waals surface area (Å²) in [7, 11) is 6.43. The third-order valence-corrected chi connectivity index (χ3v) is 10.0. The molecule has 2 fully saturated rings. The summed E-state index contributed by atoms with van der Waals surface area (Å²) in [6.07, 6.45) is 2.39. The molecule has 0 spiro atoms. The first-order valence-corrected chi connectivity index (χ1v) is 18.8. The van der Waals surface area contributed by atoms with Crippen molar-refractivity contribution < 1.29 is 47.5 Å². The molecular weight excluding hydrogens is 706 g/mol. The van der Waals surface area contributed by atoms with Crippen molar-refractivity contribution >= 4 is 29.3 Å². The molecule has 3 aromatic carbocycles. The Morgan fingerprint density at radius 1 is 0.873 bits per heavy atom. The lowest BCUT2D eigenvalue weighted by atomic mass is 9.79. The maximum atomic E-state index is 15.1. The van der Waals surface area contributed by atoms with Gasteiger partial charge < -0.3 is 47.9 Å². The molecule has 1 saturated carbocycles. The Hall–Kier alpha value is -5.17. The number of piperidine rings is 1. The maximum absolute atomic E-state index is 15.1. The second-order valence-electron chi connectivity index (χ2n) is 15.2. The number of hydrogen-bond donors (Lipinski definition) is 0. The minimum Gasteiger partial charge on any atom is -0.497 e. The van der Waals surface area contributed by atoms with Crippen molar-refractivity contribution in [2.24, 2.45) is 5.92 Å². The van der Waals surface area contributed by atoms with Gasteiger partial charge in [-0.1, -0.05) is 0 Å². The Morgan fingerprint density at radius 3 is 2.20 bits per heavy atom. The number of hydrogen-bond acceptors (Lipinski definition) is 10. The summed E-state index contributed by atoms with van der Waals surface area (Å²) in [4.78, 5) is 46.8. The topological polar surface area (TPSA) is 126 Å². The fraction of sp³-hybridized carbons (Fsp3) is 0.500. The minimum absolute atomic E-state index is 0.0192. The van der Waals surface area contributed by atoms with Crippen LogP contribution in [0.1, 0.15) is 63.5 Å². The molecule has 2 atom stereocenters. The first kappa shape index (κ1) is 39.5. The van der Waals surface area contributed by atoms with Crippen LogP contribution in [0, 0.1) is 5.92 Å². The average molecular weight is 760 g/mol. The van der Waals surface area contributed by atoms with E-state index in [1.165, 1.54) is 0 Å². The van der Waals surface area contributed by atoms with Gasteiger partial charge in [-0.3, -0.25) is 9.59 Å². The molecule has 2 aliphatic heterocycles. The molecule has 1 saturated heterocycles. The van der Waals surface area contributed by atoms with Crippen molar-refractivity contribution in [2.75, 3.05) is 71.1 Å². The summed E-state index contributed by atoms with van der Waals surface area (Å²) in [6, 6.07) is 16.9. The molecule has 0 N–H and O–H groups in total. The van der Waals surface area contributed by atoms with E-state index in [0.717, 1.165) is 24.0 Å². The molecule has 6 rings (SSSR count). The Kier molecular flexibility index (Phi) is 12.3. The molecule has 3 aliphatic rings. The molecule has 0 bridgehead atoms. The fourth-order valence-corrected chi connectivity index (χ4v) is 7.20. The number of anilines is 2. The van der Waals surface area contributed by atoms with E-state index in [1.807, 2.05) is 74.2 Å². The average Bonchev–Trinajstić information content (AvgIpc) is 4.02. The van der Waals surface area contributed by atoms with Gasteiger partial charge in [-0.05, 0) is 106 Å². The van der Waals surface area contributed by atoms with E-state index in [9.17, 15) is 9.59 Å². The summed E-state index contributed by atoms with van der Waals surface area (Å²) in [5.41, 5.74) is 2.33. The maximum Gasteiger partial charge on any atom is 0.410 e. The molecule has 1 aliphatic carbocycles. The Morgan fingerprint density at radius 2 is 1.55 bits per heavy atom. The van der Waals surface area contributed by atoms with Crippen LogP contribution in [0.5, 0.6) is 28.7 Å². The number of amides is 3. The van der Waals surface area contributed by atoms with Gasteiger partial charge in [0.2, 0.25) is 5.91 Å². The molecule has 13 heteroatoms. The molecule has 3 amide bonds. The zero-order valence-electron chi connectivity index (χ0n) is 32.9. The number of carbonyl (C=O) groups excluding carboxylic acids is 3. The highest BCUT2D eigenvalue weighted by atomic mass is 16.6. The third-order valence-electron chi connectivity index (χ3n) is 10.0. The van der Waals surface area contributed by atoms with Gasteiger partial charge in [-0.15, -0.1) is 0 Å². The van der Waals surface area contributed by atoms with E-state index < -0.39 is 17.6 Å². The summed E-state index contributed by atoms with van der Waals surface area (Å²) in [5.74, 6) is 1.89. The summed E-state index contributed by atoms with van der Waals surface area (Å²) < 4.78 is 39.8. The van der Waals surface area contributed by atoms with Gasteiger partial charge in [0.05, 0.1) is 32.9 Å². The van der Waals surface area contributed by atoms with E-state index in [4.69, 9.17) is 33.2 Å². The third kappa shape index (κ3) is 9.56. The Balaban J connectivity index is 1.34. The number of benzene rings is 3. The van der Waals surface area contributed by atoms with Crippen LogP contribution in [0.3, 0.4) is 0 Å². The summed E-state index contributed by atoms with van der Waals surface area (Å²) >= 11 is 0. The first-order chi connectivity index (χ1) is 26.4. The SMILES string of the molecule is COCCCN1C(=O)COc2ccc(N(C(=O)[C@H]3CN(C(=O)OC(C)(C)C)CCC3c3cc(OC)cc(OCc4cc(OC)cc(OC)c4)c3)C3CC3)cc21. The molecule has 296 valence electrons. The zero-order chi connectivity index (χ0) is 39.3. The molecule has 2 heterocycles. The van der Waals surface area contributed by atoms with E-state index in [-0.39, 0.29) is 43.5 Å².